The molecule has 0 saturated carbocycles. The maximum Gasteiger partial charge on any atom is 0.203 e. The van der Waals surface area contributed by atoms with Gasteiger partial charge in [-0.2, -0.15) is 0 Å². The molecule has 3 N–H and O–H groups in total. The van der Waals surface area contributed by atoms with Gasteiger partial charge in [-0.3, -0.25) is 0 Å². The van der Waals surface area contributed by atoms with E-state index in [1.54, 1.807) is 0 Å². The molecule has 0 amide bonds. The van der Waals surface area contributed by atoms with E-state index in [1.807, 2.05) is 0 Å². The van der Waals surface area contributed by atoms with Crippen molar-refractivity contribution in [2.45, 2.75) is 0 Å². The number of anilines is 1. The molecule has 72 valence electrons. The largest absolute Gasteiger partial charge is 0.507 e. The predicted octanol–water partition coefficient (Wildman–Crippen LogP) is 1.63. The third-order valence-corrected chi connectivity index (χ3v) is 2.42. The smallest absolute Gasteiger partial charge is 0.203 e. The van der Waals surface area contributed by atoms with Crippen molar-refractivity contribution in [3.05, 3.63) is 24.0 Å². The zero-order valence-electron chi connectivity index (χ0n) is 6.94. The molecule has 0 fully saturated rings. The molecular weight excluding hydrogens is 205 g/mol. The number of rotatable bonds is 1. The van der Waals surface area contributed by atoms with Gasteiger partial charge in [-0.25, -0.2) is 4.39 Å². The summed E-state index contributed by atoms with van der Waals surface area (Å²) in [5, 5.41) is 17.4. The number of phenols is 1. The number of hydrogen-bond acceptors (Lipinski definition) is 5. The molecule has 0 unspecified atom stereocenters. The molecule has 0 aliphatic heterocycles. The molecule has 0 aliphatic rings. The van der Waals surface area contributed by atoms with Gasteiger partial charge in [0.2, 0.25) is 5.13 Å². The number of phenolic OH excluding ortho intramolecular Hbond substituents is 1. The molecule has 2 aromatic rings. The van der Waals surface area contributed by atoms with Crippen LogP contribution in [0.2, 0.25) is 0 Å². The highest BCUT2D eigenvalue weighted by Gasteiger charge is 2.10. The van der Waals surface area contributed by atoms with Crippen LogP contribution in [-0.4, -0.2) is 15.3 Å². The molecule has 1 heterocycles. The van der Waals surface area contributed by atoms with Crippen molar-refractivity contribution in [3.63, 3.8) is 0 Å². The van der Waals surface area contributed by atoms with E-state index in [9.17, 15) is 9.50 Å². The number of aromatic nitrogens is 2. The average molecular weight is 211 g/mol. The first-order valence-corrected chi connectivity index (χ1v) is 4.56. The maximum atomic E-state index is 12.9. The van der Waals surface area contributed by atoms with Crippen LogP contribution in [0.15, 0.2) is 18.2 Å². The summed E-state index contributed by atoms with van der Waals surface area (Å²) in [6, 6.07) is 3.63. The molecular formula is C8H6FN3OS. The Morgan fingerprint density at radius 1 is 1.36 bits per heavy atom. The SMILES string of the molecule is Nc1nnc(-c2cc(F)ccc2O)s1. The summed E-state index contributed by atoms with van der Waals surface area (Å²) < 4.78 is 12.9. The third kappa shape index (κ3) is 1.51. The number of halogens is 1. The van der Waals surface area contributed by atoms with E-state index in [4.69, 9.17) is 5.73 Å². The van der Waals surface area contributed by atoms with Crippen molar-refractivity contribution >= 4 is 16.5 Å². The van der Waals surface area contributed by atoms with E-state index < -0.39 is 5.82 Å². The Morgan fingerprint density at radius 2 is 2.14 bits per heavy atom. The third-order valence-electron chi connectivity index (χ3n) is 1.63. The lowest BCUT2D eigenvalue weighted by Crippen LogP contribution is -1.81. The summed E-state index contributed by atoms with van der Waals surface area (Å²) in [5.41, 5.74) is 5.68. The van der Waals surface area contributed by atoms with Gasteiger partial charge in [-0.1, -0.05) is 11.3 Å². The van der Waals surface area contributed by atoms with Crippen LogP contribution in [0, 0.1) is 5.82 Å². The molecule has 0 bridgehead atoms. The molecule has 14 heavy (non-hydrogen) atoms. The maximum absolute atomic E-state index is 12.9. The van der Waals surface area contributed by atoms with E-state index >= 15 is 0 Å². The lowest BCUT2D eigenvalue weighted by Gasteiger charge is -1.98. The summed E-state index contributed by atoms with van der Waals surface area (Å²) in [6.45, 7) is 0. The van der Waals surface area contributed by atoms with Gasteiger partial charge in [0.25, 0.3) is 0 Å². The number of nitrogens with two attached hydrogens (primary N) is 1. The second-order valence-electron chi connectivity index (χ2n) is 2.61. The molecule has 6 heteroatoms. The fraction of sp³-hybridized carbons (Fsp3) is 0. The molecule has 0 atom stereocenters. The van der Waals surface area contributed by atoms with Gasteiger partial charge in [0.15, 0.2) is 5.01 Å². The van der Waals surface area contributed by atoms with Gasteiger partial charge in [0.05, 0.1) is 5.56 Å². The summed E-state index contributed by atoms with van der Waals surface area (Å²) in [7, 11) is 0. The van der Waals surface area contributed by atoms with Crippen molar-refractivity contribution in [2.24, 2.45) is 0 Å². The van der Waals surface area contributed by atoms with Crippen LogP contribution in [0.4, 0.5) is 9.52 Å². The van der Waals surface area contributed by atoms with Crippen LogP contribution in [-0.2, 0) is 0 Å². The van der Waals surface area contributed by atoms with Gasteiger partial charge in [0.1, 0.15) is 11.6 Å². The topological polar surface area (TPSA) is 72.0 Å². The normalized spacial score (nSPS) is 10.4. The minimum Gasteiger partial charge on any atom is -0.507 e. The van der Waals surface area contributed by atoms with Crippen LogP contribution >= 0.6 is 11.3 Å². The van der Waals surface area contributed by atoms with Crippen molar-refractivity contribution in [2.75, 3.05) is 5.73 Å². The fourth-order valence-corrected chi connectivity index (χ4v) is 1.66. The Hall–Kier alpha value is -1.69. The van der Waals surface area contributed by atoms with E-state index in [2.05, 4.69) is 10.2 Å². The molecule has 4 nitrogen and oxygen atoms in total. The zero-order valence-corrected chi connectivity index (χ0v) is 7.75. The van der Waals surface area contributed by atoms with Crippen molar-refractivity contribution < 1.29 is 9.50 Å². The molecule has 0 radical (unpaired) electrons. The summed E-state index contributed by atoms with van der Waals surface area (Å²) in [6.07, 6.45) is 0. The van der Waals surface area contributed by atoms with Crippen LogP contribution in [0.5, 0.6) is 5.75 Å². The lowest BCUT2D eigenvalue weighted by atomic mass is 10.2. The summed E-state index contributed by atoms with van der Waals surface area (Å²) in [4.78, 5) is 0. The van der Waals surface area contributed by atoms with Crippen molar-refractivity contribution in [3.8, 4) is 16.3 Å². The first kappa shape index (κ1) is 8.89. The molecule has 1 aromatic heterocycles. The van der Waals surface area contributed by atoms with E-state index in [0.29, 0.717) is 10.6 Å². The second-order valence-corrected chi connectivity index (χ2v) is 3.62. The van der Waals surface area contributed by atoms with E-state index in [-0.39, 0.29) is 10.9 Å². The van der Waals surface area contributed by atoms with E-state index in [0.717, 1.165) is 11.3 Å². The predicted molar refractivity (Wildman–Crippen MR) is 51.4 cm³/mol. The zero-order chi connectivity index (χ0) is 10.1. The lowest BCUT2D eigenvalue weighted by molar-refractivity contribution is 0.475. The monoisotopic (exact) mass is 211 g/mol. The van der Waals surface area contributed by atoms with Crippen LogP contribution in [0.1, 0.15) is 0 Å². The van der Waals surface area contributed by atoms with Crippen LogP contribution in [0.25, 0.3) is 10.6 Å². The molecule has 0 spiro atoms. The molecule has 0 aliphatic carbocycles. The number of aromatic hydroxyl groups is 1. The first-order chi connectivity index (χ1) is 6.66. The van der Waals surface area contributed by atoms with Gasteiger partial charge in [-0.05, 0) is 18.2 Å². The Bertz CT molecular complexity index is 471. The highest BCUT2D eigenvalue weighted by molar-refractivity contribution is 7.18. The Kier molecular flexibility index (Phi) is 2.05. The minimum atomic E-state index is -0.438. The quantitative estimate of drug-likeness (QED) is 0.752. The van der Waals surface area contributed by atoms with Crippen LogP contribution in [0.3, 0.4) is 0 Å². The highest BCUT2D eigenvalue weighted by atomic mass is 32.1. The van der Waals surface area contributed by atoms with Gasteiger partial charge >= 0.3 is 0 Å². The summed E-state index contributed by atoms with van der Waals surface area (Å²) >= 11 is 1.09. The van der Waals surface area contributed by atoms with Gasteiger partial charge in [-0.15, -0.1) is 10.2 Å². The van der Waals surface area contributed by atoms with Crippen molar-refractivity contribution in [1.82, 2.24) is 10.2 Å². The molecule has 2 rings (SSSR count). The standard InChI is InChI=1S/C8H6FN3OS/c9-4-1-2-6(13)5(3-4)7-11-12-8(10)14-7/h1-3,13H,(H2,10,12). The number of nitrogens with zero attached hydrogens (tertiary/aromatic N) is 2. The summed E-state index contributed by atoms with van der Waals surface area (Å²) in [5.74, 6) is -0.478. The number of hydrogen-bond donors (Lipinski definition) is 2. The average Bonchev–Trinajstić information content (AvgIpc) is 2.56. The Labute approximate surface area is 82.8 Å². The van der Waals surface area contributed by atoms with Gasteiger partial charge in [0, 0.05) is 0 Å². The van der Waals surface area contributed by atoms with Crippen molar-refractivity contribution in [1.29, 1.82) is 0 Å². The minimum absolute atomic E-state index is 0.0393. The fourth-order valence-electron chi connectivity index (χ4n) is 1.02. The Morgan fingerprint density at radius 3 is 2.79 bits per heavy atom. The van der Waals surface area contributed by atoms with E-state index in [1.165, 1.54) is 18.2 Å². The second kappa shape index (κ2) is 3.22. The van der Waals surface area contributed by atoms with Gasteiger partial charge < -0.3 is 10.8 Å². The van der Waals surface area contributed by atoms with Crippen LogP contribution < -0.4 is 5.73 Å². The first-order valence-electron chi connectivity index (χ1n) is 3.74. The number of nitrogen functional groups attached to an aromatic ring is 1. The molecule has 1 aromatic carbocycles. The molecule has 0 saturated heterocycles. The highest BCUT2D eigenvalue weighted by Crippen LogP contribution is 2.32. The Balaban J connectivity index is 2.55. The number of benzene rings is 1.